The van der Waals surface area contributed by atoms with E-state index in [9.17, 15) is 0 Å². The van der Waals surface area contributed by atoms with Crippen LogP contribution in [0.4, 0.5) is 0 Å². The topological polar surface area (TPSA) is 0 Å². The van der Waals surface area contributed by atoms with Crippen LogP contribution >= 0.6 is 0 Å². The third-order valence-corrected chi connectivity index (χ3v) is 2.78. The van der Waals surface area contributed by atoms with Crippen LogP contribution in [-0.2, 0) is 0 Å². The van der Waals surface area contributed by atoms with Crippen molar-refractivity contribution in [2.24, 2.45) is 0 Å². The van der Waals surface area contributed by atoms with Gasteiger partial charge in [-0.05, 0) is 30.0 Å². The van der Waals surface area contributed by atoms with Crippen molar-refractivity contribution < 1.29 is 0 Å². The van der Waals surface area contributed by atoms with Crippen LogP contribution in [0.1, 0.15) is 30.9 Å². The summed E-state index contributed by atoms with van der Waals surface area (Å²) in [5.41, 5.74) is 5.38. The van der Waals surface area contributed by atoms with Gasteiger partial charge in [0, 0.05) is 6.42 Å². The summed E-state index contributed by atoms with van der Waals surface area (Å²) in [6.45, 7) is 2.17. The molecule has 74 valence electrons. The molecule has 0 N–H and O–H groups in total. The van der Waals surface area contributed by atoms with Crippen LogP contribution in [0.5, 0.6) is 0 Å². The van der Waals surface area contributed by atoms with Gasteiger partial charge in [-0.1, -0.05) is 42.0 Å². The molecule has 0 heterocycles. The van der Waals surface area contributed by atoms with E-state index in [2.05, 4.69) is 49.3 Å². The van der Waals surface area contributed by atoms with Gasteiger partial charge >= 0.3 is 0 Å². The van der Waals surface area contributed by atoms with E-state index < -0.39 is 0 Å². The van der Waals surface area contributed by atoms with E-state index in [1.165, 1.54) is 22.3 Å². The van der Waals surface area contributed by atoms with Crippen LogP contribution in [0.15, 0.2) is 35.9 Å². The van der Waals surface area contributed by atoms with Gasteiger partial charge < -0.3 is 0 Å². The molecule has 0 spiro atoms. The van der Waals surface area contributed by atoms with Gasteiger partial charge in [-0.3, -0.25) is 0 Å². The molecular formula is C15H14. The highest BCUT2D eigenvalue weighted by molar-refractivity contribution is 5.91. The third kappa shape index (κ3) is 1.87. The average molecular weight is 194 g/mol. The molecule has 1 aliphatic carbocycles. The van der Waals surface area contributed by atoms with E-state index in [4.69, 9.17) is 6.42 Å². The fourth-order valence-corrected chi connectivity index (χ4v) is 1.92. The third-order valence-electron chi connectivity index (χ3n) is 2.78. The Bertz CT molecular complexity index is 467. The SMILES string of the molecule is C#CCCC(C)=C1C=Cc2ccccc21. The Labute approximate surface area is 91.3 Å². The smallest absolute Gasteiger partial charge is 0.0123 e. The monoisotopic (exact) mass is 194 g/mol. The standard InChI is InChI=1S/C15H14/c1-3-4-7-12(2)14-11-10-13-8-5-6-9-15(13)14/h1,5-6,8-11H,4,7H2,2H3. The normalized spacial score (nSPS) is 16.0. The van der Waals surface area contributed by atoms with Crippen molar-refractivity contribution in [3.63, 3.8) is 0 Å². The molecule has 0 atom stereocenters. The van der Waals surface area contributed by atoms with Crippen molar-refractivity contribution in [3.8, 4) is 12.3 Å². The maximum Gasteiger partial charge on any atom is 0.0123 e. The summed E-state index contributed by atoms with van der Waals surface area (Å²) in [5, 5.41) is 0. The molecule has 0 aromatic heterocycles. The van der Waals surface area contributed by atoms with Gasteiger partial charge in [0.25, 0.3) is 0 Å². The number of hydrogen-bond acceptors (Lipinski definition) is 0. The second kappa shape index (κ2) is 4.19. The Hall–Kier alpha value is -1.74. The van der Waals surface area contributed by atoms with Crippen molar-refractivity contribution >= 4 is 11.6 Å². The van der Waals surface area contributed by atoms with Gasteiger partial charge in [-0.15, -0.1) is 12.3 Å². The summed E-state index contributed by atoms with van der Waals surface area (Å²) in [6.07, 6.45) is 11.5. The Morgan fingerprint density at radius 1 is 1.27 bits per heavy atom. The van der Waals surface area contributed by atoms with Crippen molar-refractivity contribution in [1.82, 2.24) is 0 Å². The second-order valence-corrected chi connectivity index (χ2v) is 3.82. The summed E-state index contributed by atoms with van der Waals surface area (Å²) in [5.74, 6) is 2.69. The van der Waals surface area contributed by atoms with E-state index in [-0.39, 0.29) is 0 Å². The highest BCUT2D eigenvalue weighted by atomic mass is 14.1. The maximum atomic E-state index is 5.28. The Balaban J connectivity index is 2.35. The van der Waals surface area contributed by atoms with Gasteiger partial charge in [0.2, 0.25) is 0 Å². The highest BCUT2D eigenvalue weighted by Gasteiger charge is 2.11. The summed E-state index contributed by atoms with van der Waals surface area (Å²) < 4.78 is 0. The Morgan fingerprint density at radius 2 is 2.07 bits per heavy atom. The molecule has 2 rings (SSSR count). The van der Waals surface area contributed by atoms with Crippen molar-refractivity contribution in [3.05, 3.63) is 47.0 Å². The Kier molecular flexibility index (Phi) is 2.74. The summed E-state index contributed by atoms with van der Waals surface area (Å²) in [7, 11) is 0. The summed E-state index contributed by atoms with van der Waals surface area (Å²) >= 11 is 0. The van der Waals surface area contributed by atoms with Crippen LogP contribution < -0.4 is 0 Å². The molecule has 0 aliphatic heterocycles. The molecule has 0 saturated carbocycles. The summed E-state index contributed by atoms with van der Waals surface area (Å²) in [6, 6.07) is 8.47. The largest absolute Gasteiger partial charge is 0.120 e. The number of fused-ring (bicyclic) bond motifs is 1. The van der Waals surface area contributed by atoms with Crippen LogP contribution in [0.2, 0.25) is 0 Å². The minimum absolute atomic E-state index is 0.825. The van der Waals surface area contributed by atoms with Crippen LogP contribution in [0, 0.1) is 12.3 Å². The Morgan fingerprint density at radius 3 is 2.87 bits per heavy atom. The van der Waals surface area contributed by atoms with E-state index in [0.717, 1.165) is 12.8 Å². The maximum absolute atomic E-state index is 5.28. The highest BCUT2D eigenvalue weighted by Crippen LogP contribution is 2.32. The molecule has 0 fully saturated rings. The van der Waals surface area contributed by atoms with Gasteiger partial charge in [0.15, 0.2) is 0 Å². The molecule has 0 heteroatoms. The number of rotatable bonds is 2. The fourth-order valence-electron chi connectivity index (χ4n) is 1.92. The van der Waals surface area contributed by atoms with Crippen LogP contribution in [-0.4, -0.2) is 0 Å². The predicted octanol–water partition coefficient (Wildman–Crippen LogP) is 3.90. The van der Waals surface area contributed by atoms with E-state index >= 15 is 0 Å². The van der Waals surface area contributed by atoms with E-state index in [0.29, 0.717) is 0 Å². The number of terminal acetylenes is 1. The first-order chi connectivity index (χ1) is 7.33. The second-order valence-electron chi connectivity index (χ2n) is 3.82. The molecule has 1 aromatic rings. The fraction of sp³-hybridized carbons (Fsp3) is 0.200. The molecule has 0 nitrogen and oxygen atoms in total. The molecule has 15 heavy (non-hydrogen) atoms. The number of benzene rings is 1. The lowest BCUT2D eigenvalue weighted by Gasteiger charge is -2.05. The number of hydrogen-bond donors (Lipinski definition) is 0. The zero-order valence-corrected chi connectivity index (χ0v) is 8.96. The molecule has 0 unspecified atom stereocenters. The van der Waals surface area contributed by atoms with Crippen molar-refractivity contribution in [2.75, 3.05) is 0 Å². The van der Waals surface area contributed by atoms with Gasteiger partial charge in [-0.2, -0.15) is 0 Å². The van der Waals surface area contributed by atoms with Gasteiger partial charge in [-0.25, -0.2) is 0 Å². The minimum Gasteiger partial charge on any atom is -0.120 e. The van der Waals surface area contributed by atoms with E-state index in [1.54, 1.807) is 0 Å². The molecule has 0 amide bonds. The van der Waals surface area contributed by atoms with Gasteiger partial charge in [0.1, 0.15) is 0 Å². The lowest BCUT2D eigenvalue weighted by molar-refractivity contribution is 1.01. The molecule has 1 aromatic carbocycles. The van der Waals surface area contributed by atoms with E-state index in [1.807, 2.05) is 0 Å². The van der Waals surface area contributed by atoms with Crippen LogP contribution in [0.25, 0.3) is 11.6 Å². The average Bonchev–Trinajstić information content (AvgIpc) is 2.69. The van der Waals surface area contributed by atoms with Crippen molar-refractivity contribution in [2.45, 2.75) is 19.8 Å². The summed E-state index contributed by atoms with van der Waals surface area (Å²) in [4.78, 5) is 0. The van der Waals surface area contributed by atoms with Crippen molar-refractivity contribution in [1.29, 1.82) is 0 Å². The molecular weight excluding hydrogens is 180 g/mol. The number of allylic oxidation sites excluding steroid dienone is 3. The predicted molar refractivity (Wildman–Crippen MR) is 66.1 cm³/mol. The lowest BCUT2D eigenvalue weighted by atomic mass is 9.99. The zero-order valence-electron chi connectivity index (χ0n) is 8.96. The molecule has 0 radical (unpaired) electrons. The first-order valence-corrected chi connectivity index (χ1v) is 5.23. The first-order valence-electron chi connectivity index (χ1n) is 5.23. The van der Waals surface area contributed by atoms with Gasteiger partial charge in [0.05, 0.1) is 0 Å². The molecule has 0 bridgehead atoms. The molecule has 1 aliphatic rings. The van der Waals surface area contributed by atoms with Crippen LogP contribution in [0.3, 0.4) is 0 Å². The zero-order chi connectivity index (χ0) is 10.7. The first kappa shape index (κ1) is 9.80. The quantitative estimate of drug-likeness (QED) is 0.626. The minimum atomic E-state index is 0.825. The lowest BCUT2D eigenvalue weighted by Crippen LogP contribution is -1.85. The molecule has 0 saturated heterocycles.